The summed E-state index contributed by atoms with van der Waals surface area (Å²) in [5, 5.41) is 3.18. The van der Waals surface area contributed by atoms with Crippen molar-refractivity contribution >= 4 is 15.8 Å². The lowest BCUT2D eigenvalue weighted by Gasteiger charge is -2.25. The van der Waals surface area contributed by atoms with Crippen molar-refractivity contribution in [2.75, 3.05) is 33.1 Å². The molecule has 1 aromatic rings. The van der Waals surface area contributed by atoms with E-state index in [1.807, 2.05) is 13.8 Å². The van der Waals surface area contributed by atoms with E-state index in [1.165, 1.54) is 26.4 Å². The van der Waals surface area contributed by atoms with Gasteiger partial charge in [-0.3, -0.25) is 0 Å². The molecule has 0 fully saturated rings. The number of anilines is 1. The van der Waals surface area contributed by atoms with Gasteiger partial charge in [0.05, 0.1) is 12.1 Å². The van der Waals surface area contributed by atoms with Gasteiger partial charge in [-0.05, 0) is 26.0 Å². The Morgan fingerprint density at radius 2 is 2.00 bits per heavy atom. The van der Waals surface area contributed by atoms with Crippen molar-refractivity contribution in [1.29, 1.82) is 0 Å². The minimum Gasteiger partial charge on any atom is -0.382 e. The third-order valence-corrected chi connectivity index (χ3v) is 4.29. The highest BCUT2D eigenvalue weighted by molar-refractivity contribution is 7.89. The molecule has 6 nitrogen and oxygen atoms in total. The van der Waals surface area contributed by atoms with E-state index in [1.54, 1.807) is 13.2 Å². The van der Waals surface area contributed by atoms with Crippen molar-refractivity contribution in [3.8, 4) is 0 Å². The van der Waals surface area contributed by atoms with E-state index in [-0.39, 0.29) is 10.4 Å². The number of pyridine rings is 1. The van der Waals surface area contributed by atoms with Crippen molar-refractivity contribution < 1.29 is 13.2 Å². The summed E-state index contributed by atoms with van der Waals surface area (Å²) in [7, 11) is 1.18. The molecule has 0 amide bonds. The molecular weight excluding hydrogens is 266 g/mol. The van der Waals surface area contributed by atoms with Crippen LogP contribution in [0.15, 0.2) is 23.2 Å². The second kappa shape index (κ2) is 5.85. The Morgan fingerprint density at radius 1 is 1.37 bits per heavy atom. The lowest BCUT2D eigenvalue weighted by Crippen LogP contribution is -2.36. The maximum atomic E-state index is 11.9. The summed E-state index contributed by atoms with van der Waals surface area (Å²) < 4.78 is 30.0. The zero-order valence-electron chi connectivity index (χ0n) is 12.0. The van der Waals surface area contributed by atoms with Crippen LogP contribution < -0.4 is 5.32 Å². The van der Waals surface area contributed by atoms with E-state index in [0.717, 1.165) is 4.31 Å². The fourth-order valence-electron chi connectivity index (χ4n) is 1.56. The Kier molecular flexibility index (Phi) is 4.89. The molecule has 1 aromatic heterocycles. The molecule has 0 radical (unpaired) electrons. The smallest absolute Gasteiger partial charge is 0.244 e. The number of sulfonamides is 1. The van der Waals surface area contributed by atoms with Crippen molar-refractivity contribution in [1.82, 2.24) is 9.29 Å². The van der Waals surface area contributed by atoms with Gasteiger partial charge in [0, 0.05) is 27.4 Å². The first-order chi connectivity index (χ1) is 8.69. The predicted octanol–water partition coefficient (Wildman–Crippen LogP) is 1.17. The van der Waals surface area contributed by atoms with E-state index in [2.05, 4.69) is 10.3 Å². The molecule has 1 rings (SSSR count). The minimum absolute atomic E-state index is 0.174. The fourth-order valence-corrected chi connectivity index (χ4v) is 2.41. The van der Waals surface area contributed by atoms with Gasteiger partial charge in [0.15, 0.2) is 0 Å². The molecule has 0 aromatic carbocycles. The highest BCUT2D eigenvalue weighted by Gasteiger charge is 2.20. The monoisotopic (exact) mass is 287 g/mol. The second-order valence-electron chi connectivity index (χ2n) is 5.11. The molecule has 108 valence electrons. The molecule has 1 heterocycles. The summed E-state index contributed by atoms with van der Waals surface area (Å²) in [6, 6.07) is 3.18. The highest BCUT2D eigenvalue weighted by Crippen LogP contribution is 2.17. The molecule has 0 aliphatic rings. The van der Waals surface area contributed by atoms with Crippen LogP contribution in [-0.4, -0.2) is 51.1 Å². The highest BCUT2D eigenvalue weighted by atomic mass is 32.2. The van der Waals surface area contributed by atoms with Crippen LogP contribution in [0.2, 0.25) is 0 Å². The fraction of sp³-hybridized carbons (Fsp3) is 0.583. The Balaban J connectivity index is 2.89. The summed E-state index contributed by atoms with van der Waals surface area (Å²) in [4.78, 5) is 4.30. The number of methoxy groups -OCH3 is 1. The largest absolute Gasteiger partial charge is 0.382 e. The van der Waals surface area contributed by atoms with E-state index < -0.39 is 10.0 Å². The van der Waals surface area contributed by atoms with E-state index in [4.69, 9.17) is 4.74 Å². The van der Waals surface area contributed by atoms with Crippen LogP contribution in [0.1, 0.15) is 13.8 Å². The van der Waals surface area contributed by atoms with Crippen molar-refractivity contribution in [3.63, 3.8) is 0 Å². The van der Waals surface area contributed by atoms with Crippen LogP contribution in [0.5, 0.6) is 0 Å². The molecular formula is C12H21N3O3S. The van der Waals surface area contributed by atoms with Crippen molar-refractivity contribution in [2.45, 2.75) is 24.3 Å². The van der Waals surface area contributed by atoms with Crippen LogP contribution in [0.3, 0.4) is 0 Å². The van der Waals surface area contributed by atoms with Crippen molar-refractivity contribution in [3.05, 3.63) is 18.3 Å². The number of aromatic nitrogens is 1. The lowest BCUT2D eigenvalue weighted by molar-refractivity contribution is 0.158. The molecule has 0 saturated carbocycles. The molecule has 0 unspecified atom stereocenters. The summed E-state index contributed by atoms with van der Waals surface area (Å²) in [6.07, 6.45) is 1.35. The lowest BCUT2D eigenvalue weighted by atomic mass is 10.1. The van der Waals surface area contributed by atoms with Gasteiger partial charge in [-0.15, -0.1) is 0 Å². The zero-order valence-corrected chi connectivity index (χ0v) is 12.8. The summed E-state index contributed by atoms with van der Waals surface area (Å²) in [6.45, 7) is 4.47. The van der Waals surface area contributed by atoms with Gasteiger partial charge in [0.1, 0.15) is 10.7 Å². The Morgan fingerprint density at radius 3 is 2.42 bits per heavy atom. The van der Waals surface area contributed by atoms with Gasteiger partial charge in [-0.25, -0.2) is 17.7 Å². The number of hydrogen-bond donors (Lipinski definition) is 1. The quantitative estimate of drug-likeness (QED) is 0.850. The zero-order chi connectivity index (χ0) is 14.7. The van der Waals surface area contributed by atoms with E-state index in [0.29, 0.717) is 12.4 Å². The van der Waals surface area contributed by atoms with Crippen LogP contribution >= 0.6 is 0 Å². The van der Waals surface area contributed by atoms with E-state index in [9.17, 15) is 8.42 Å². The molecule has 0 atom stereocenters. The topological polar surface area (TPSA) is 71.5 Å². The number of ether oxygens (including phenoxy) is 1. The molecule has 0 spiro atoms. The van der Waals surface area contributed by atoms with Crippen LogP contribution in [-0.2, 0) is 14.8 Å². The minimum atomic E-state index is -3.43. The van der Waals surface area contributed by atoms with Gasteiger partial charge >= 0.3 is 0 Å². The second-order valence-corrected chi connectivity index (χ2v) is 7.26. The third kappa shape index (κ3) is 4.15. The van der Waals surface area contributed by atoms with Gasteiger partial charge < -0.3 is 10.1 Å². The Hall–Kier alpha value is -1.18. The number of nitrogens with one attached hydrogen (secondary N) is 1. The maximum Gasteiger partial charge on any atom is 0.244 e. The SMILES string of the molecule is COCC(C)(C)Nc1ccc(S(=O)(=O)N(C)C)cn1. The molecule has 0 aliphatic heterocycles. The van der Waals surface area contributed by atoms with Gasteiger partial charge in [-0.1, -0.05) is 0 Å². The number of nitrogens with zero attached hydrogens (tertiary/aromatic N) is 2. The maximum absolute atomic E-state index is 11.9. The molecule has 0 saturated heterocycles. The summed E-state index contributed by atoms with van der Waals surface area (Å²) in [5.74, 6) is 0.611. The normalized spacial score (nSPS) is 12.7. The molecule has 19 heavy (non-hydrogen) atoms. The Bertz CT molecular complexity index is 510. The third-order valence-electron chi connectivity index (χ3n) is 2.49. The predicted molar refractivity (Wildman–Crippen MR) is 74.7 cm³/mol. The molecule has 7 heteroatoms. The molecule has 0 aliphatic carbocycles. The molecule has 0 bridgehead atoms. The number of rotatable bonds is 6. The standard InChI is InChI=1S/C12H21N3O3S/c1-12(2,9-18-5)14-11-7-6-10(8-13-11)19(16,17)15(3)4/h6-8H,9H2,1-5H3,(H,13,14). The first-order valence-corrected chi connectivity index (χ1v) is 7.29. The van der Waals surface area contributed by atoms with Gasteiger partial charge in [0.2, 0.25) is 10.0 Å². The first-order valence-electron chi connectivity index (χ1n) is 5.85. The van der Waals surface area contributed by atoms with Gasteiger partial charge in [0.25, 0.3) is 0 Å². The number of hydrogen-bond acceptors (Lipinski definition) is 5. The van der Waals surface area contributed by atoms with E-state index >= 15 is 0 Å². The van der Waals surface area contributed by atoms with Gasteiger partial charge in [-0.2, -0.15) is 0 Å². The van der Waals surface area contributed by atoms with Crippen LogP contribution in [0.25, 0.3) is 0 Å². The van der Waals surface area contributed by atoms with Crippen LogP contribution in [0, 0.1) is 0 Å². The molecule has 1 N–H and O–H groups in total. The average molecular weight is 287 g/mol. The summed E-state index contributed by atoms with van der Waals surface area (Å²) >= 11 is 0. The van der Waals surface area contributed by atoms with Crippen molar-refractivity contribution in [2.24, 2.45) is 0 Å². The average Bonchev–Trinajstić information content (AvgIpc) is 2.28. The Labute approximate surface area is 114 Å². The summed E-state index contributed by atoms with van der Waals surface area (Å²) in [5.41, 5.74) is -0.274. The van der Waals surface area contributed by atoms with Crippen LogP contribution in [0.4, 0.5) is 5.82 Å². The first kappa shape index (κ1) is 15.9.